The molecule has 0 fully saturated rings. The lowest BCUT2D eigenvalue weighted by atomic mass is 10.3. The fraction of sp³-hybridized carbons (Fsp3) is 0.333. The van der Waals surface area contributed by atoms with Crippen LogP contribution in [0.15, 0.2) is 12.1 Å². The van der Waals surface area contributed by atoms with E-state index in [1.54, 1.807) is 0 Å². The number of nitro groups is 1. The molecule has 6 heteroatoms. The topological polar surface area (TPSA) is 52.4 Å². The van der Waals surface area contributed by atoms with Crippen LogP contribution in [0.5, 0.6) is 5.75 Å². The second-order valence-electron chi connectivity index (χ2n) is 2.42. The van der Waals surface area contributed by atoms with Gasteiger partial charge in [-0.15, -0.1) is 0 Å². The molecule has 0 saturated carbocycles. The Labute approximate surface area is 107 Å². The van der Waals surface area contributed by atoms with Gasteiger partial charge in [-0.25, -0.2) is 0 Å². The van der Waals surface area contributed by atoms with E-state index >= 15 is 0 Å². The first-order valence-electron chi connectivity index (χ1n) is 7.03. The van der Waals surface area contributed by atoms with Crippen molar-refractivity contribution in [2.75, 3.05) is 0 Å². The smallest absolute Gasteiger partial charge is 0.291 e. The minimum absolute atomic E-state index is 0.347. The van der Waals surface area contributed by atoms with E-state index in [4.69, 9.17) is 37.5 Å². The summed E-state index contributed by atoms with van der Waals surface area (Å²) in [5, 5.41) is 10.1. The van der Waals surface area contributed by atoms with E-state index in [1.165, 1.54) is 0 Å². The fourth-order valence-corrected chi connectivity index (χ4v) is 1.34. The van der Waals surface area contributed by atoms with Gasteiger partial charge in [0.25, 0.3) is 5.69 Å². The zero-order valence-electron chi connectivity index (χ0n) is 14.1. The predicted molar refractivity (Wildman–Crippen MR) is 58.9 cm³/mol. The molecule has 15 heavy (non-hydrogen) atoms. The van der Waals surface area contributed by atoms with Crippen molar-refractivity contribution < 1.29 is 19.3 Å². The maximum atomic E-state index is 10.8. The summed E-state index contributed by atoms with van der Waals surface area (Å²) in [5.41, 5.74) is -0.667. The highest BCUT2D eigenvalue weighted by Gasteiger charge is 2.17. The molecule has 0 radical (unpaired) electrons. The van der Waals surface area contributed by atoms with Crippen LogP contribution in [0.2, 0.25) is 10.0 Å². The van der Waals surface area contributed by atoms with E-state index in [0.29, 0.717) is 6.07 Å². The zero-order valence-corrected chi connectivity index (χ0v) is 8.59. The van der Waals surface area contributed by atoms with Crippen LogP contribution in [0, 0.1) is 10.1 Å². The number of ether oxygens (including phenoxy) is 1. The van der Waals surface area contributed by atoms with Crippen LogP contribution < -0.4 is 4.74 Å². The minimum Gasteiger partial charge on any atom is -0.489 e. The Kier molecular flexibility index (Phi) is 1.67. The number of hydrogen-bond acceptors (Lipinski definition) is 3. The second-order valence-corrected chi connectivity index (χ2v) is 3.24. The molecule has 0 saturated heterocycles. The van der Waals surface area contributed by atoms with Gasteiger partial charge in [-0.3, -0.25) is 10.1 Å². The summed E-state index contributed by atoms with van der Waals surface area (Å²) in [6.45, 7) is -6.73. The van der Waals surface area contributed by atoms with Crippen LogP contribution in [0.4, 0.5) is 5.69 Å². The van der Waals surface area contributed by atoms with Crippen molar-refractivity contribution in [3.63, 3.8) is 0 Å². The molecular formula is C9H9Cl2NO3. The summed E-state index contributed by atoms with van der Waals surface area (Å²) in [6.07, 6.45) is -3.36. The summed E-state index contributed by atoms with van der Waals surface area (Å²) >= 11 is 11.3. The normalized spacial score (nSPS) is 19.7. The second kappa shape index (κ2) is 4.68. The van der Waals surface area contributed by atoms with Gasteiger partial charge in [-0.1, -0.05) is 23.2 Å². The van der Waals surface area contributed by atoms with Crippen LogP contribution in [0.1, 0.15) is 23.3 Å². The number of nitrogens with zero attached hydrogens (tertiary/aromatic N) is 1. The Morgan fingerprint density at radius 1 is 1.53 bits per heavy atom. The van der Waals surface area contributed by atoms with Crippen molar-refractivity contribution in [1.82, 2.24) is 0 Å². The Balaban J connectivity index is 3.44. The number of rotatable bonds is 3. The molecule has 0 aliphatic rings. The third kappa shape index (κ3) is 2.97. The molecule has 0 heterocycles. The largest absolute Gasteiger partial charge is 0.489 e. The quantitative estimate of drug-likeness (QED) is 0.612. The maximum absolute atomic E-state index is 10.8. The van der Waals surface area contributed by atoms with Gasteiger partial charge >= 0.3 is 0 Å². The zero-order chi connectivity index (χ0) is 17.5. The van der Waals surface area contributed by atoms with Gasteiger partial charge in [0.15, 0.2) is 0 Å². The van der Waals surface area contributed by atoms with Crippen LogP contribution in [0.3, 0.4) is 0 Å². The Morgan fingerprint density at radius 3 is 2.73 bits per heavy atom. The molecule has 82 valence electrons. The number of nitro benzene ring substituents is 1. The lowest BCUT2D eigenvalue weighted by Crippen LogP contribution is -2.06. The molecule has 0 atom stereocenters. The predicted octanol–water partition coefficient (Wildman–Crippen LogP) is 3.69. The first-order chi connectivity index (χ1) is 9.70. The average Bonchev–Trinajstić information content (AvgIpc) is 2.28. The van der Waals surface area contributed by atoms with Crippen molar-refractivity contribution >= 4 is 28.9 Å². The molecule has 0 aliphatic heterocycles. The molecule has 0 spiro atoms. The number of halogens is 2. The first kappa shape index (κ1) is 5.37. The van der Waals surface area contributed by atoms with Crippen molar-refractivity contribution in [1.29, 1.82) is 0 Å². The highest BCUT2D eigenvalue weighted by atomic mass is 35.5. The molecule has 0 bridgehead atoms. The van der Waals surface area contributed by atoms with E-state index in [1.807, 2.05) is 0 Å². The van der Waals surface area contributed by atoms with Crippen molar-refractivity contribution in [3.05, 3.63) is 32.3 Å². The Morgan fingerprint density at radius 2 is 2.20 bits per heavy atom. The van der Waals surface area contributed by atoms with E-state index in [2.05, 4.69) is 0 Å². The number of benzene rings is 1. The average molecular weight is 257 g/mol. The van der Waals surface area contributed by atoms with E-state index in [-0.39, 0.29) is 10.0 Å². The summed E-state index contributed by atoms with van der Waals surface area (Å²) < 4.78 is 55.6. The molecule has 1 aromatic carbocycles. The van der Waals surface area contributed by atoms with Gasteiger partial charge in [0.1, 0.15) is 10.8 Å². The molecule has 0 unspecified atom stereocenters. The molecule has 1 rings (SSSR count). The first-order valence-corrected chi connectivity index (χ1v) is 4.29. The molecule has 4 nitrogen and oxygen atoms in total. The van der Waals surface area contributed by atoms with Crippen molar-refractivity contribution in [2.24, 2.45) is 0 Å². The Bertz CT molecular complexity index is 588. The van der Waals surface area contributed by atoms with Crippen LogP contribution >= 0.6 is 23.2 Å². The van der Waals surface area contributed by atoms with E-state index < -0.39 is 36.1 Å². The molecule has 0 aromatic heterocycles. The van der Waals surface area contributed by atoms with E-state index in [0.717, 1.165) is 6.07 Å². The molecule has 1 aromatic rings. The summed E-state index contributed by atoms with van der Waals surface area (Å²) in [7, 11) is 0. The van der Waals surface area contributed by atoms with Gasteiger partial charge in [0.2, 0.25) is 0 Å². The van der Waals surface area contributed by atoms with Gasteiger partial charge in [-0.05, 0) is 19.8 Å². The summed E-state index contributed by atoms with van der Waals surface area (Å²) in [6, 6.07) is 1.57. The maximum Gasteiger partial charge on any atom is 0.291 e. The van der Waals surface area contributed by atoms with Crippen LogP contribution in [-0.4, -0.2) is 11.0 Å². The third-order valence-electron chi connectivity index (χ3n) is 1.41. The standard InChI is InChI=1S/C9H9Cl2NO3/c1-5(2)15-9-4-8(12(13)14)6(10)3-7(9)11/h3-5H,1-2H3/i1D3,2D3,5D. The molecular weight excluding hydrogens is 241 g/mol. The van der Waals surface area contributed by atoms with Gasteiger partial charge in [-0.2, -0.15) is 0 Å². The Hall–Kier alpha value is -1.000. The summed E-state index contributed by atoms with van der Waals surface area (Å²) in [5.74, 6) is -0.639. The van der Waals surface area contributed by atoms with Gasteiger partial charge in [0, 0.05) is 8.22 Å². The number of hydrogen-bond donors (Lipinski definition) is 0. The van der Waals surface area contributed by atoms with Crippen molar-refractivity contribution in [3.8, 4) is 5.75 Å². The molecule has 0 aliphatic carbocycles. The van der Waals surface area contributed by atoms with Gasteiger partial charge < -0.3 is 4.74 Å². The molecule has 0 N–H and O–H groups in total. The lowest BCUT2D eigenvalue weighted by molar-refractivity contribution is -0.384. The SMILES string of the molecule is [2H]C([2H])([2H])C([2H])(Oc1cc([N+](=O)[O-])c(Cl)cc1Cl)C([2H])([2H])[2H]. The minimum atomic E-state index is -3.37. The van der Waals surface area contributed by atoms with Crippen molar-refractivity contribution in [2.45, 2.75) is 19.8 Å². The highest BCUT2D eigenvalue weighted by molar-refractivity contribution is 6.36. The van der Waals surface area contributed by atoms with E-state index in [9.17, 15) is 10.1 Å². The van der Waals surface area contributed by atoms with Crippen LogP contribution in [-0.2, 0) is 0 Å². The third-order valence-corrected chi connectivity index (χ3v) is 2.01. The summed E-state index contributed by atoms with van der Waals surface area (Å²) in [4.78, 5) is 9.91. The highest BCUT2D eigenvalue weighted by Crippen LogP contribution is 2.35. The monoisotopic (exact) mass is 256 g/mol. The fourth-order valence-electron chi connectivity index (χ4n) is 0.846. The lowest BCUT2D eigenvalue weighted by Gasteiger charge is -2.11. The van der Waals surface area contributed by atoms with Gasteiger partial charge in [0.05, 0.1) is 23.5 Å². The van der Waals surface area contributed by atoms with Crippen LogP contribution in [0.25, 0.3) is 0 Å². The molecule has 0 amide bonds.